The van der Waals surface area contributed by atoms with Gasteiger partial charge in [0.1, 0.15) is 11.6 Å². The summed E-state index contributed by atoms with van der Waals surface area (Å²) in [4.78, 5) is 10.3. The highest BCUT2D eigenvalue weighted by Gasteiger charge is 2.46. The summed E-state index contributed by atoms with van der Waals surface area (Å²) in [5, 5.41) is 8.45. The molecule has 1 aliphatic rings. The van der Waals surface area contributed by atoms with Crippen molar-refractivity contribution in [2.75, 3.05) is 6.61 Å². The van der Waals surface area contributed by atoms with Gasteiger partial charge in [0, 0.05) is 0 Å². The van der Waals surface area contributed by atoms with Crippen molar-refractivity contribution >= 4 is 5.97 Å². The first-order chi connectivity index (χ1) is 4.05. The molecule has 0 amide bonds. The number of carboxylic acids is 1. The maximum atomic E-state index is 10.3. The Kier molecular flexibility index (Phi) is 1.22. The first kappa shape index (κ1) is 6.51. The predicted octanol–water partition coefficient (Wildman–Crippen LogP) is -0.813. The molecule has 4 nitrogen and oxygen atoms in total. The summed E-state index contributed by atoms with van der Waals surface area (Å²) >= 11 is 0. The van der Waals surface area contributed by atoms with Crippen molar-refractivity contribution in [1.82, 2.24) is 0 Å². The molecule has 0 aromatic rings. The topological polar surface area (TPSA) is 75.9 Å². The molecule has 0 aromatic carbocycles. The van der Waals surface area contributed by atoms with Gasteiger partial charge in [0.25, 0.3) is 0 Å². The zero-order valence-electron chi connectivity index (χ0n) is 5.13. The molecule has 0 saturated carbocycles. The minimum absolute atomic E-state index is 0.282. The highest BCUT2D eigenvalue weighted by Crippen LogP contribution is 2.21. The van der Waals surface area contributed by atoms with Gasteiger partial charge in [-0.25, -0.2) is 0 Å². The number of ether oxygens (including phenoxy) is 1. The van der Waals surface area contributed by atoms with Crippen molar-refractivity contribution in [3.63, 3.8) is 0 Å². The number of epoxide rings is 1. The molecule has 0 radical (unpaired) electrons. The van der Waals surface area contributed by atoms with Gasteiger partial charge in [0.05, 0.1) is 6.61 Å². The van der Waals surface area contributed by atoms with Gasteiger partial charge in [-0.15, -0.1) is 0 Å². The van der Waals surface area contributed by atoms with Crippen LogP contribution in [-0.4, -0.2) is 29.3 Å². The van der Waals surface area contributed by atoms with Crippen LogP contribution in [0.2, 0.25) is 0 Å². The molecule has 9 heavy (non-hydrogen) atoms. The normalized spacial score (nSPS) is 31.1. The van der Waals surface area contributed by atoms with Crippen LogP contribution in [0.5, 0.6) is 0 Å². The Labute approximate surface area is 52.6 Å². The molecule has 1 aliphatic heterocycles. The number of carboxylic acid groups (broad SMARTS) is 1. The van der Waals surface area contributed by atoms with E-state index >= 15 is 0 Å². The molecular weight excluding hydrogens is 122 g/mol. The molecule has 1 fully saturated rings. The largest absolute Gasteiger partial charge is 0.480 e. The molecule has 3 N–H and O–H groups in total. The summed E-state index contributed by atoms with van der Waals surface area (Å²) in [6, 6.07) is 0. The molecule has 0 aliphatic carbocycles. The fourth-order valence-corrected chi connectivity index (χ4v) is 0.532. The SMILES string of the molecule is C[C@](N)(C(=O)O)C1CO1. The second-order valence-corrected chi connectivity index (χ2v) is 2.41. The van der Waals surface area contributed by atoms with Gasteiger partial charge in [-0.2, -0.15) is 0 Å². The lowest BCUT2D eigenvalue weighted by Gasteiger charge is -2.14. The fourth-order valence-electron chi connectivity index (χ4n) is 0.532. The van der Waals surface area contributed by atoms with E-state index in [1.165, 1.54) is 6.92 Å². The van der Waals surface area contributed by atoms with Crippen molar-refractivity contribution in [1.29, 1.82) is 0 Å². The predicted molar refractivity (Wildman–Crippen MR) is 30.0 cm³/mol. The molecule has 0 bridgehead atoms. The minimum Gasteiger partial charge on any atom is -0.480 e. The summed E-state index contributed by atoms with van der Waals surface area (Å²) in [7, 11) is 0. The van der Waals surface area contributed by atoms with Gasteiger partial charge in [0.2, 0.25) is 0 Å². The maximum absolute atomic E-state index is 10.3. The van der Waals surface area contributed by atoms with Crippen molar-refractivity contribution < 1.29 is 14.6 Å². The average Bonchev–Trinajstić information content (AvgIpc) is 2.42. The van der Waals surface area contributed by atoms with Gasteiger partial charge in [0.15, 0.2) is 0 Å². The molecule has 4 heteroatoms. The summed E-state index contributed by atoms with van der Waals surface area (Å²) in [5.41, 5.74) is 4.15. The smallest absolute Gasteiger partial charge is 0.326 e. The van der Waals surface area contributed by atoms with Gasteiger partial charge in [-0.3, -0.25) is 4.79 Å². The van der Waals surface area contributed by atoms with Crippen LogP contribution in [0, 0.1) is 0 Å². The molecule has 2 atom stereocenters. The Morgan fingerprint density at radius 1 is 2.00 bits per heavy atom. The number of hydrogen-bond acceptors (Lipinski definition) is 3. The molecule has 1 saturated heterocycles. The van der Waals surface area contributed by atoms with Crippen LogP contribution >= 0.6 is 0 Å². The van der Waals surface area contributed by atoms with E-state index in [1.807, 2.05) is 0 Å². The van der Waals surface area contributed by atoms with Crippen LogP contribution in [0.1, 0.15) is 6.92 Å². The number of nitrogens with two attached hydrogens (primary N) is 1. The van der Waals surface area contributed by atoms with E-state index in [-0.39, 0.29) is 6.10 Å². The molecular formula is C5H9NO3. The van der Waals surface area contributed by atoms with Gasteiger partial charge in [-0.05, 0) is 6.92 Å². The third-order valence-electron chi connectivity index (χ3n) is 1.46. The monoisotopic (exact) mass is 131 g/mol. The van der Waals surface area contributed by atoms with Crippen molar-refractivity contribution in [3.05, 3.63) is 0 Å². The van der Waals surface area contributed by atoms with Crippen LogP contribution in [0.4, 0.5) is 0 Å². The Hall–Kier alpha value is -0.610. The molecule has 0 spiro atoms. The second-order valence-electron chi connectivity index (χ2n) is 2.41. The zero-order valence-corrected chi connectivity index (χ0v) is 5.13. The molecule has 52 valence electrons. The van der Waals surface area contributed by atoms with Gasteiger partial charge >= 0.3 is 5.97 Å². The van der Waals surface area contributed by atoms with Gasteiger partial charge < -0.3 is 15.6 Å². The lowest BCUT2D eigenvalue weighted by atomic mass is 10.0. The summed E-state index contributed by atoms with van der Waals surface area (Å²) < 4.78 is 4.73. The van der Waals surface area contributed by atoms with Crippen LogP contribution in [0.3, 0.4) is 0 Å². The average molecular weight is 131 g/mol. The van der Waals surface area contributed by atoms with E-state index in [9.17, 15) is 4.79 Å². The lowest BCUT2D eigenvalue weighted by molar-refractivity contribution is -0.143. The van der Waals surface area contributed by atoms with E-state index in [4.69, 9.17) is 15.6 Å². The Morgan fingerprint density at radius 3 is 2.56 bits per heavy atom. The Morgan fingerprint density at radius 2 is 2.44 bits per heavy atom. The number of aliphatic carboxylic acids is 1. The molecule has 0 aromatic heterocycles. The minimum atomic E-state index is -1.19. The van der Waals surface area contributed by atoms with Crippen LogP contribution < -0.4 is 5.73 Å². The van der Waals surface area contributed by atoms with Crippen LogP contribution in [-0.2, 0) is 9.53 Å². The van der Waals surface area contributed by atoms with Crippen LogP contribution in [0.25, 0.3) is 0 Å². The molecule has 1 unspecified atom stereocenters. The van der Waals surface area contributed by atoms with E-state index in [0.717, 1.165) is 0 Å². The van der Waals surface area contributed by atoms with E-state index < -0.39 is 11.5 Å². The Bertz CT molecular complexity index is 139. The number of hydrogen-bond donors (Lipinski definition) is 2. The van der Waals surface area contributed by atoms with Crippen molar-refractivity contribution in [2.45, 2.75) is 18.6 Å². The molecule has 1 heterocycles. The number of rotatable bonds is 2. The Balaban J connectivity index is 2.59. The van der Waals surface area contributed by atoms with E-state index in [1.54, 1.807) is 0 Å². The quantitative estimate of drug-likeness (QED) is 0.480. The standard InChI is InChI=1S/C5H9NO3/c1-5(6,4(7)8)3-2-9-3/h3H,2,6H2,1H3,(H,7,8)/t3?,5-/m1/s1. The summed E-state index contributed by atoms with van der Waals surface area (Å²) in [6.07, 6.45) is -0.282. The number of carbonyl (C=O) groups is 1. The second kappa shape index (κ2) is 1.68. The zero-order chi connectivity index (χ0) is 7.07. The van der Waals surface area contributed by atoms with Gasteiger partial charge in [-0.1, -0.05) is 0 Å². The highest BCUT2D eigenvalue weighted by atomic mass is 16.6. The highest BCUT2D eigenvalue weighted by molar-refractivity contribution is 5.79. The first-order valence-corrected chi connectivity index (χ1v) is 2.69. The van der Waals surface area contributed by atoms with Crippen LogP contribution in [0.15, 0.2) is 0 Å². The summed E-state index contributed by atoms with van der Waals surface area (Å²) in [6.45, 7) is 1.92. The maximum Gasteiger partial charge on any atom is 0.326 e. The van der Waals surface area contributed by atoms with Crippen molar-refractivity contribution in [3.8, 4) is 0 Å². The third-order valence-corrected chi connectivity index (χ3v) is 1.46. The molecule has 1 rings (SSSR count). The summed E-state index contributed by atoms with van der Waals surface area (Å²) in [5.74, 6) is -1.01. The third kappa shape index (κ3) is 1.04. The fraction of sp³-hybridized carbons (Fsp3) is 0.800. The van der Waals surface area contributed by atoms with Crippen molar-refractivity contribution in [2.24, 2.45) is 5.73 Å². The van der Waals surface area contributed by atoms with E-state index in [2.05, 4.69) is 0 Å². The lowest BCUT2D eigenvalue weighted by Crippen LogP contribution is -2.49. The first-order valence-electron chi connectivity index (χ1n) is 2.69. The van der Waals surface area contributed by atoms with E-state index in [0.29, 0.717) is 6.61 Å².